The van der Waals surface area contributed by atoms with E-state index in [0.717, 1.165) is 17.7 Å². The van der Waals surface area contributed by atoms with E-state index in [4.69, 9.17) is 5.73 Å². The number of likely N-dealkylation sites (N-methyl/N-ethyl adjacent to an activating group) is 1. The highest BCUT2D eigenvalue weighted by atomic mass is 19.1. The van der Waals surface area contributed by atoms with Gasteiger partial charge in [0.15, 0.2) is 0 Å². The first-order chi connectivity index (χ1) is 16.9. The quantitative estimate of drug-likeness (QED) is 0.370. The van der Waals surface area contributed by atoms with Gasteiger partial charge in [0.2, 0.25) is 6.41 Å². The van der Waals surface area contributed by atoms with E-state index in [2.05, 4.69) is 5.32 Å². The summed E-state index contributed by atoms with van der Waals surface area (Å²) in [7, 11) is 1.85. The molecule has 7 nitrogen and oxygen atoms in total. The summed E-state index contributed by atoms with van der Waals surface area (Å²) in [5.74, 6) is -0.643. The fourth-order valence-corrected chi connectivity index (χ4v) is 3.88. The van der Waals surface area contributed by atoms with E-state index in [-0.39, 0.29) is 31.3 Å². The number of carbonyl (C=O) groups is 2. The standard InChI is InChI=1S/C27H31FN4O3/c1-31(16-17-33)25-9-5-2-6-22(28)14-15-26(25)32(19-34)18-20-10-12-21(13-11-20)27(35)30-24-8-4-3-7-23(24)29/h2-4,6-8,10-14,19,33H,5,9,15-18,29H2,1H3,(H,30,35)/b6-2-,22-14?,26-25-. The van der Waals surface area contributed by atoms with Gasteiger partial charge in [-0.25, -0.2) is 4.39 Å². The van der Waals surface area contributed by atoms with Gasteiger partial charge in [-0.1, -0.05) is 30.3 Å². The number of nitrogens with zero attached hydrogens (tertiary/aromatic N) is 2. The maximum absolute atomic E-state index is 14.1. The van der Waals surface area contributed by atoms with Crippen molar-refractivity contribution >= 4 is 23.7 Å². The van der Waals surface area contributed by atoms with Crippen molar-refractivity contribution in [1.29, 1.82) is 0 Å². The first kappa shape index (κ1) is 25.7. The van der Waals surface area contributed by atoms with Gasteiger partial charge in [0.05, 0.1) is 24.5 Å². The molecule has 1 aliphatic rings. The number of aliphatic hydroxyl groups is 1. The number of carbonyl (C=O) groups excluding carboxylic acids is 2. The molecule has 0 saturated carbocycles. The maximum atomic E-state index is 14.1. The molecule has 0 atom stereocenters. The molecule has 0 radical (unpaired) electrons. The van der Waals surface area contributed by atoms with E-state index < -0.39 is 0 Å². The van der Waals surface area contributed by atoms with Crippen LogP contribution < -0.4 is 11.1 Å². The van der Waals surface area contributed by atoms with Gasteiger partial charge in [0.25, 0.3) is 5.91 Å². The van der Waals surface area contributed by atoms with Crippen molar-refractivity contribution in [3.05, 3.63) is 95.1 Å². The summed E-state index contributed by atoms with van der Waals surface area (Å²) in [6.45, 7) is 0.620. The Morgan fingerprint density at radius 1 is 1.17 bits per heavy atom. The summed E-state index contributed by atoms with van der Waals surface area (Å²) in [6, 6.07) is 14.0. The molecule has 0 heterocycles. The van der Waals surface area contributed by atoms with Crippen LogP contribution >= 0.6 is 0 Å². The number of nitrogens with one attached hydrogen (secondary N) is 1. The van der Waals surface area contributed by atoms with Crippen LogP contribution in [0.4, 0.5) is 15.8 Å². The van der Waals surface area contributed by atoms with Crippen LogP contribution in [0.2, 0.25) is 0 Å². The molecule has 0 bridgehead atoms. The number of hydrogen-bond donors (Lipinski definition) is 3. The zero-order valence-corrected chi connectivity index (χ0v) is 19.8. The molecule has 184 valence electrons. The van der Waals surface area contributed by atoms with E-state index in [1.54, 1.807) is 59.5 Å². The third kappa shape index (κ3) is 7.04. The number of aliphatic hydroxyl groups excluding tert-OH is 1. The Kier molecular flexibility index (Phi) is 9.20. The number of para-hydroxylation sites is 2. The first-order valence-corrected chi connectivity index (χ1v) is 11.5. The smallest absolute Gasteiger partial charge is 0.255 e. The normalized spacial score (nSPS) is 16.8. The molecule has 0 saturated heterocycles. The predicted octanol–water partition coefficient (Wildman–Crippen LogP) is 4.21. The summed E-state index contributed by atoms with van der Waals surface area (Å²) in [4.78, 5) is 28.2. The molecule has 0 fully saturated rings. The highest BCUT2D eigenvalue weighted by Crippen LogP contribution is 2.26. The minimum Gasteiger partial charge on any atom is -0.397 e. The lowest BCUT2D eigenvalue weighted by Crippen LogP contribution is -2.29. The molecule has 2 aromatic carbocycles. The average Bonchev–Trinajstić information content (AvgIpc) is 2.95. The third-order valence-corrected chi connectivity index (χ3v) is 5.80. The van der Waals surface area contributed by atoms with Gasteiger partial charge in [-0.2, -0.15) is 0 Å². The number of rotatable bonds is 9. The van der Waals surface area contributed by atoms with E-state index in [0.29, 0.717) is 42.0 Å². The minimum atomic E-state index is -0.353. The van der Waals surface area contributed by atoms with Crippen LogP contribution in [0.5, 0.6) is 0 Å². The lowest BCUT2D eigenvalue weighted by atomic mass is 10.1. The van der Waals surface area contributed by atoms with Gasteiger partial charge in [-0.3, -0.25) is 9.59 Å². The number of hydrogen-bond acceptors (Lipinski definition) is 5. The summed E-state index contributed by atoms with van der Waals surface area (Å²) in [5.41, 5.74) is 9.73. The Labute approximate surface area is 205 Å². The van der Waals surface area contributed by atoms with Crippen LogP contribution in [-0.4, -0.2) is 47.4 Å². The summed E-state index contributed by atoms with van der Waals surface area (Å²) >= 11 is 0. The van der Waals surface area contributed by atoms with Crippen molar-refractivity contribution in [2.24, 2.45) is 0 Å². The molecule has 2 amide bonds. The molecular formula is C27H31FN4O3. The Morgan fingerprint density at radius 3 is 2.60 bits per heavy atom. The molecule has 1 aliphatic carbocycles. The second kappa shape index (κ2) is 12.5. The van der Waals surface area contributed by atoms with Crippen molar-refractivity contribution in [3.8, 4) is 0 Å². The molecular weight excluding hydrogens is 447 g/mol. The fraction of sp³-hybridized carbons (Fsp3) is 0.259. The third-order valence-electron chi connectivity index (χ3n) is 5.80. The SMILES string of the molecule is CN(CCO)/C1=C(\N(C=O)Cc2ccc(C(=O)Nc3ccccc3N)cc2)CC=C(F)/C=C\CC1. The van der Waals surface area contributed by atoms with Gasteiger partial charge < -0.3 is 26.0 Å². The summed E-state index contributed by atoms with van der Waals surface area (Å²) < 4.78 is 14.1. The van der Waals surface area contributed by atoms with E-state index in [9.17, 15) is 19.1 Å². The van der Waals surface area contributed by atoms with Crippen molar-refractivity contribution < 1.29 is 19.1 Å². The number of anilines is 2. The molecule has 0 spiro atoms. The first-order valence-electron chi connectivity index (χ1n) is 11.5. The van der Waals surface area contributed by atoms with Crippen molar-refractivity contribution in [2.75, 3.05) is 31.2 Å². The zero-order valence-electron chi connectivity index (χ0n) is 19.8. The second-order valence-electron chi connectivity index (χ2n) is 8.24. The van der Waals surface area contributed by atoms with Gasteiger partial charge in [-0.15, -0.1) is 0 Å². The summed E-state index contributed by atoms with van der Waals surface area (Å²) in [5, 5.41) is 12.2. The Hall–Kier alpha value is -3.91. The zero-order chi connectivity index (χ0) is 25.2. The van der Waals surface area contributed by atoms with Crippen molar-refractivity contribution in [1.82, 2.24) is 9.80 Å². The van der Waals surface area contributed by atoms with E-state index in [1.165, 1.54) is 12.2 Å². The second-order valence-corrected chi connectivity index (χ2v) is 8.24. The molecule has 0 aromatic heterocycles. The maximum Gasteiger partial charge on any atom is 0.255 e. The number of nitrogen functional groups attached to an aromatic ring is 1. The van der Waals surface area contributed by atoms with Crippen LogP contribution in [0.15, 0.2) is 84.0 Å². The summed E-state index contributed by atoms with van der Waals surface area (Å²) in [6.07, 6.45) is 6.83. The minimum absolute atomic E-state index is 0.0352. The van der Waals surface area contributed by atoms with Gasteiger partial charge >= 0.3 is 0 Å². The largest absolute Gasteiger partial charge is 0.397 e. The highest BCUT2D eigenvalue weighted by molar-refractivity contribution is 6.05. The van der Waals surface area contributed by atoms with Crippen LogP contribution in [-0.2, 0) is 11.3 Å². The predicted molar refractivity (Wildman–Crippen MR) is 136 cm³/mol. The highest BCUT2D eigenvalue weighted by Gasteiger charge is 2.18. The Bertz CT molecular complexity index is 1130. The van der Waals surface area contributed by atoms with Crippen LogP contribution in [0.25, 0.3) is 0 Å². The number of allylic oxidation sites excluding steroid dienone is 5. The van der Waals surface area contributed by atoms with Gasteiger partial charge in [0, 0.05) is 37.0 Å². The van der Waals surface area contributed by atoms with Gasteiger partial charge in [-0.05, 0) is 54.8 Å². The van der Waals surface area contributed by atoms with Crippen molar-refractivity contribution in [2.45, 2.75) is 25.8 Å². The fourth-order valence-electron chi connectivity index (χ4n) is 3.88. The van der Waals surface area contributed by atoms with Crippen molar-refractivity contribution in [3.63, 3.8) is 0 Å². The van der Waals surface area contributed by atoms with E-state index >= 15 is 0 Å². The number of amides is 2. The number of benzene rings is 2. The molecule has 8 heteroatoms. The average molecular weight is 479 g/mol. The van der Waals surface area contributed by atoms with Crippen LogP contribution in [0.3, 0.4) is 0 Å². The van der Waals surface area contributed by atoms with Crippen LogP contribution in [0, 0.1) is 0 Å². The topological polar surface area (TPSA) is 98.9 Å². The monoisotopic (exact) mass is 478 g/mol. The molecule has 4 N–H and O–H groups in total. The van der Waals surface area contributed by atoms with E-state index in [1.807, 2.05) is 11.9 Å². The Balaban J connectivity index is 1.81. The lowest BCUT2D eigenvalue weighted by molar-refractivity contribution is -0.117. The van der Waals surface area contributed by atoms with Gasteiger partial charge in [0.1, 0.15) is 5.83 Å². The molecule has 0 aliphatic heterocycles. The number of nitrogens with two attached hydrogens (primary N) is 1. The van der Waals surface area contributed by atoms with Crippen LogP contribution in [0.1, 0.15) is 35.2 Å². The Morgan fingerprint density at radius 2 is 1.91 bits per heavy atom. The molecule has 0 unspecified atom stereocenters. The molecule has 35 heavy (non-hydrogen) atoms. The number of halogens is 1. The molecule has 3 rings (SSSR count). The molecule has 2 aromatic rings. The lowest BCUT2D eigenvalue weighted by Gasteiger charge is -2.30.